The van der Waals surface area contributed by atoms with E-state index in [0.29, 0.717) is 10.7 Å². The first-order valence-electron chi connectivity index (χ1n) is 6.08. The van der Waals surface area contributed by atoms with Crippen molar-refractivity contribution in [2.75, 3.05) is 6.54 Å². The third-order valence-corrected chi connectivity index (χ3v) is 4.35. The molecular formula is C14H15ClN2O2S. The molecule has 6 heteroatoms. The Balaban J connectivity index is 2.32. The van der Waals surface area contributed by atoms with E-state index in [1.807, 2.05) is 19.9 Å². The lowest BCUT2D eigenvalue weighted by Gasteiger charge is -2.06. The number of aromatic nitrogens is 1. The lowest BCUT2D eigenvalue weighted by molar-refractivity contribution is 0.585. The van der Waals surface area contributed by atoms with Crippen LogP contribution in [-0.4, -0.2) is 19.9 Å². The SMILES string of the molecule is CC(C)=CCNS(=O)(=O)c1ccc2nc(Cl)ccc2c1. The fraction of sp³-hybridized carbons (Fsp3) is 0.214. The highest BCUT2D eigenvalue weighted by molar-refractivity contribution is 7.89. The van der Waals surface area contributed by atoms with E-state index in [0.717, 1.165) is 11.0 Å². The van der Waals surface area contributed by atoms with Gasteiger partial charge in [0.05, 0.1) is 10.4 Å². The summed E-state index contributed by atoms with van der Waals surface area (Å²) in [5.41, 5.74) is 1.73. The molecule has 0 aliphatic carbocycles. The molecule has 0 aliphatic heterocycles. The van der Waals surface area contributed by atoms with Crippen LogP contribution in [-0.2, 0) is 10.0 Å². The van der Waals surface area contributed by atoms with Crippen molar-refractivity contribution in [2.24, 2.45) is 0 Å². The minimum absolute atomic E-state index is 0.219. The number of rotatable bonds is 4. The lowest BCUT2D eigenvalue weighted by Crippen LogP contribution is -2.23. The van der Waals surface area contributed by atoms with Gasteiger partial charge in [0.15, 0.2) is 0 Å². The van der Waals surface area contributed by atoms with Crippen LogP contribution in [0.25, 0.3) is 10.9 Å². The summed E-state index contributed by atoms with van der Waals surface area (Å²) in [4.78, 5) is 4.34. The van der Waals surface area contributed by atoms with Crippen molar-refractivity contribution in [3.8, 4) is 0 Å². The Morgan fingerprint density at radius 3 is 2.75 bits per heavy atom. The van der Waals surface area contributed by atoms with Crippen LogP contribution in [0.15, 0.2) is 46.9 Å². The van der Waals surface area contributed by atoms with Crippen LogP contribution in [0.2, 0.25) is 5.15 Å². The van der Waals surface area contributed by atoms with Crippen molar-refractivity contribution in [1.82, 2.24) is 9.71 Å². The number of sulfonamides is 1. The third-order valence-electron chi connectivity index (χ3n) is 2.72. The molecule has 106 valence electrons. The molecule has 0 radical (unpaired) electrons. The van der Waals surface area contributed by atoms with Crippen molar-refractivity contribution in [2.45, 2.75) is 18.7 Å². The molecule has 0 spiro atoms. The number of halogens is 1. The molecule has 0 fully saturated rings. The van der Waals surface area contributed by atoms with Crippen LogP contribution in [0.3, 0.4) is 0 Å². The quantitative estimate of drug-likeness (QED) is 0.697. The number of fused-ring (bicyclic) bond motifs is 1. The van der Waals surface area contributed by atoms with Gasteiger partial charge in [-0.15, -0.1) is 0 Å². The molecule has 0 aliphatic rings. The fourth-order valence-corrected chi connectivity index (χ4v) is 2.84. The van der Waals surface area contributed by atoms with E-state index < -0.39 is 10.0 Å². The molecule has 1 aromatic heterocycles. The second-order valence-electron chi connectivity index (χ2n) is 4.62. The molecule has 0 saturated carbocycles. The Labute approximate surface area is 123 Å². The zero-order valence-electron chi connectivity index (χ0n) is 11.2. The molecule has 1 N–H and O–H groups in total. The number of pyridine rings is 1. The van der Waals surface area contributed by atoms with Gasteiger partial charge in [0.25, 0.3) is 0 Å². The van der Waals surface area contributed by atoms with Crippen LogP contribution in [0.1, 0.15) is 13.8 Å². The second kappa shape index (κ2) is 5.91. The lowest BCUT2D eigenvalue weighted by atomic mass is 10.2. The van der Waals surface area contributed by atoms with Gasteiger partial charge in [0.2, 0.25) is 10.0 Å². The average molecular weight is 311 g/mol. The molecule has 20 heavy (non-hydrogen) atoms. The number of nitrogens with one attached hydrogen (secondary N) is 1. The smallest absolute Gasteiger partial charge is 0.236 e. The van der Waals surface area contributed by atoms with Crippen molar-refractivity contribution >= 4 is 32.5 Å². The van der Waals surface area contributed by atoms with E-state index >= 15 is 0 Å². The summed E-state index contributed by atoms with van der Waals surface area (Å²) in [7, 11) is -3.51. The first-order valence-corrected chi connectivity index (χ1v) is 7.94. The van der Waals surface area contributed by atoms with Gasteiger partial charge in [-0.3, -0.25) is 0 Å². The third kappa shape index (κ3) is 3.56. The summed E-state index contributed by atoms with van der Waals surface area (Å²) in [5.74, 6) is 0. The Hall–Kier alpha value is -1.43. The first-order chi connectivity index (χ1) is 9.38. The maximum Gasteiger partial charge on any atom is 0.240 e. The van der Waals surface area contributed by atoms with Crippen LogP contribution in [0.5, 0.6) is 0 Å². The minimum atomic E-state index is -3.51. The van der Waals surface area contributed by atoms with Crippen molar-refractivity contribution in [3.05, 3.63) is 47.1 Å². The van der Waals surface area contributed by atoms with E-state index in [1.165, 1.54) is 6.07 Å². The molecular weight excluding hydrogens is 296 g/mol. The van der Waals surface area contributed by atoms with Crippen LogP contribution in [0.4, 0.5) is 0 Å². The van der Waals surface area contributed by atoms with E-state index in [-0.39, 0.29) is 11.4 Å². The maximum atomic E-state index is 12.1. The highest BCUT2D eigenvalue weighted by atomic mass is 35.5. The van der Waals surface area contributed by atoms with E-state index in [1.54, 1.807) is 24.3 Å². The molecule has 0 bridgehead atoms. The molecule has 0 atom stereocenters. The summed E-state index contributed by atoms with van der Waals surface area (Å²) < 4.78 is 26.8. The van der Waals surface area contributed by atoms with Crippen LogP contribution in [0, 0.1) is 0 Å². The fourth-order valence-electron chi connectivity index (χ4n) is 1.68. The number of nitrogens with zero attached hydrogens (tertiary/aromatic N) is 1. The van der Waals surface area contributed by atoms with Gasteiger partial charge in [0, 0.05) is 11.9 Å². The zero-order chi connectivity index (χ0) is 14.8. The summed E-state index contributed by atoms with van der Waals surface area (Å²) in [6.07, 6.45) is 1.82. The standard InChI is InChI=1S/C14H15ClN2O2S/c1-10(2)7-8-16-20(18,19)12-4-5-13-11(9-12)3-6-14(15)17-13/h3-7,9,16H,8H2,1-2H3. The van der Waals surface area contributed by atoms with Gasteiger partial charge in [-0.05, 0) is 44.2 Å². The molecule has 2 aromatic rings. The summed E-state index contributed by atoms with van der Waals surface area (Å²) >= 11 is 5.80. The molecule has 2 rings (SSSR count). The highest BCUT2D eigenvalue weighted by Gasteiger charge is 2.13. The predicted molar refractivity (Wildman–Crippen MR) is 81.4 cm³/mol. The largest absolute Gasteiger partial charge is 0.240 e. The average Bonchev–Trinajstić information content (AvgIpc) is 2.37. The summed E-state index contributed by atoms with van der Waals surface area (Å²) in [5, 5.41) is 1.12. The van der Waals surface area contributed by atoms with Gasteiger partial charge >= 0.3 is 0 Å². The number of hydrogen-bond donors (Lipinski definition) is 1. The molecule has 0 unspecified atom stereocenters. The van der Waals surface area contributed by atoms with Crippen LogP contribution >= 0.6 is 11.6 Å². The zero-order valence-corrected chi connectivity index (χ0v) is 12.8. The minimum Gasteiger partial charge on any atom is -0.236 e. The van der Waals surface area contributed by atoms with Gasteiger partial charge in [0.1, 0.15) is 5.15 Å². The summed E-state index contributed by atoms with van der Waals surface area (Å²) in [6, 6.07) is 8.15. The Bertz CT molecular complexity index is 766. The van der Waals surface area contributed by atoms with E-state index in [9.17, 15) is 8.42 Å². The van der Waals surface area contributed by atoms with Gasteiger partial charge < -0.3 is 0 Å². The predicted octanol–water partition coefficient (Wildman–Crippen LogP) is 3.13. The first kappa shape index (κ1) is 15.0. The van der Waals surface area contributed by atoms with Crippen molar-refractivity contribution < 1.29 is 8.42 Å². The van der Waals surface area contributed by atoms with Gasteiger partial charge in [-0.2, -0.15) is 0 Å². The van der Waals surface area contributed by atoms with Crippen molar-refractivity contribution in [1.29, 1.82) is 0 Å². The van der Waals surface area contributed by atoms with E-state index in [4.69, 9.17) is 11.6 Å². The number of hydrogen-bond acceptors (Lipinski definition) is 3. The highest BCUT2D eigenvalue weighted by Crippen LogP contribution is 2.19. The number of benzene rings is 1. The topological polar surface area (TPSA) is 59.1 Å². The molecule has 1 heterocycles. The second-order valence-corrected chi connectivity index (χ2v) is 6.78. The summed E-state index contributed by atoms with van der Waals surface area (Å²) in [6.45, 7) is 4.11. The molecule has 1 aromatic carbocycles. The number of allylic oxidation sites excluding steroid dienone is 1. The monoisotopic (exact) mass is 310 g/mol. The van der Waals surface area contributed by atoms with Gasteiger partial charge in [-0.25, -0.2) is 18.1 Å². The van der Waals surface area contributed by atoms with Crippen LogP contribution < -0.4 is 4.72 Å². The van der Waals surface area contributed by atoms with Crippen molar-refractivity contribution in [3.63, 3.8) is 0 Å². The maximum absolute atomic E-state index is 12.1. The Morgan fingerprint density at radius 2 is 2.05 bits per heavy atom. The van der Waals surface area contributed by atoms with E-state index in [2.05, 4.69) is 9.71 Å². The Kier molecular flexibility index (Phi) is 4.42. The van der Waals surface area contributed by atoms with Gasteiger partial charge in [-0.1, -0.05) is 23.3 Å². The Morgan fingerprint density at radius 1 is 1.30 bits per heavy atom. The molecule has 4 nitrogen and oxygen atoms in total. The molecule has 0 amide bonds. The normalized spacial score (nSPS) is 11.6. The molecule has 0 saturated heterocycles.